The molecule has 0 saturated carbocycles. The molecule has 3 rings (SSSR count). The molecule has 0 aliphatic heterocycles. The van der Waals surface area contributed by atoms with Crippen molar-refractivity contribution in [1.82, 2.24) is 4.98 Å². The number of rotatable bonds is 2. The molecule has 0 bridgehead atoms. The number of thiophene rings is 1. The third kappa shape index (κ3) is 1.93. The van der Waals surface area contributed by atoms with E-state index < -0.39 is 0 Å². The number of hydrogen-bond donors (Lipinski definition) is 0. The topological polar surface area (TPSA) is 12.9 Å². The Hall–Kier alpha value is -1.67. The van der Waals surface area contributed by atoms with E-state index in [0.717, 1.165) is 11.2 Å². The second-order valence-corrected chi connectivity index (χ2v) is 5.69. The Morgan fingerprint density at radius 2 is 1.89 bits per heavy atom. The molecule has 90 valence electrons. The maximum absolute atomic E-state index is 4.77. The smallest absolute Gasteiger partial charge is 0.0812 e. The van der Waals surface area contributed by atoms with Gasteiger partial charge in [-0.2, -0.15) is 0 Å². The van der Waals surface area contributed by atoms with Gasteiger partial charge in [-0.15, -0.1) is 11.3 Å². The van der Waals surface area contributed by atoms with Crippen LogP contribution in [0.25, 0.3) is 21.5 Å². The third-order valence-electron chi connectivity index (χ3n) is 3.14. The van der Waals surface area contributed by atoms with Gasteiger partial charge in [-0.3, -0.25) is 0 Å². The first-order valence-electron chi connectivity index (χ1n) is 6.19. The lowest BCUT2D eigenvalue weighted by Crippen LogP contribution is -1.93. The quantitative estimate of drug-likeness (QED) is 0.620. The highest BCUT2D eigenvalue weighted by atomic mass is 32.1. The van der Waals surface area contributed by atoms with Crippen LogP contribution in [0.5, 0.6) is 0 Å². The third-order valence-corrected chi connectivity index (χ3v) is 4.04. The summed E-state index contributed by atoms with van der Waals surface area (Å²) in [7, 11) is 0. The Kier molecular flexibility index (Phi) is 2.88. The van der Waals surface area contributed by atoms with Crippen LogP contribution in [0, 0.1) is 0 Å². The van der Waals surface area contributed by atoms with Crippen molar-refractivity contribution in [2.75, 3.05) is 0 Å². The van der Waals surface area contributed by atoms with Crippen LogP contribution in [0.3, 0.4) is 0 Å². The summed E-state index contributed by atoms with van der Waals surface area (Å²) in [6.07, 6.45) is 0. The Labute approximate surface area is 111 Å². The van der Waals surface area contributed by atoms with Gasteiger partial charge in [0, 0.05) is 5.39 Å². The van der Waals surface area contributed by atoms with Crippen LogP contribution in [0.4, 0.5) is 0 Å². The van der Waals surface area contributed by atoms with Crippen molar-refractivity contribution >= 4 is 22.2 Å². The zero-order valence-corrected chi connectivity index (χ0v) is 11.4. The van der Waals surface area contributed by atoms with Gasteiger partial charge in [0.1, 0.15) is 0 Å². The van der Waals surface area contributed by atoms with Crippen LogP contribution >= 0.6 is 11.3 Å². The minimum atomic E-state index is 0.511. The van der Waals surface area contributed by atoms with E-state index in [2.05, 4.69) is 61.7 Å². The van der Waals surface area contributed by atoms with Crippen molar-refractivity contribution in [2.24, 2.45) is 0 Å². The van der Waals surface area contributed by atoms with Crippen molar-refractivity contribution in [3.8, 4) is 10.6 Å². The zero-order valence-electron chi connectivity index (χ0n) is 10.6. The molecule has 1 nitrogen and oxygen atoms in total. The van der Waals surface area contributed by atoms with E-state index in [9.17, 15) is 0 Å². The van der Waals surface area contributed by atoms with E-state index in [-0.39, 0.29) is 0 Å². The minimum Gasteiger partial charge on any atom is -0.247 e. The van der Waals surface area contributed by atoms with Crippen LogP contribution < -0.4 is 0 Å². The molecule has 3 aromatic rings. The van der Waals surface area contributed by atoms with Gasteiger partial charge in [0.25, 0.3) is 0 Å². The van der Waals surface area contributed by atoms with Gasteiger partial charge in [-0.1, -0.05) is 38.1 Å². The Morgan fingerprint density at radius 1 is 1.06 bits per heavy atom. The van der Waals surface area contributed by atoms with Crippen molar-refractivity contribution in [3.05, 3.63) is 53.4 Å². The maximum atomic E-state index is 4.77. The molecule has 0 N–H and O–H groups in total. The van der Waals surface area contributed by atoms with Crippen LogP contribution in [0.1, 0.15) is 25.3 Å². The summed E-state index contributed by atoms with van der Waals surface area (Å²) in [6.45, 7) is 4.47. The fourth-order valence-corrected chi connectivity index (χ4v) is 2.92. The Morgan fingerprint density at radius 3 is 2.61 bits per heavy atom. The Balaban J connectivity index is 2.30. The lowest BCUT2D eigenvalue weighted by molar-refractivity contribution is 0.875. The average Bonchev–Trinajstić information content (AvgIpc) is 2.91. The standard InChI is InChI=1S/C16H15NS/c1-11(2)13-10-15(16-8-5-9-18-16)17-14-7-4-3-6-12(13)14/h3-11H,1-2H3. The summed E-state index contributed by atoms with van der Waals surface area (Å²) in [6, 6.07) is 14.8. The summed E-state index contributed by atoms with van der Waals surface area (Å²) in [4.78, 5) is 6.01. The predicted octanol–water partition coefficient (Wildman–Crippen LogP) is 5.09. The van der Waals surface area contributed by atoms with Crippen molar-refractivity contribution < 1.29 is 0 Å². The first-order valence-corrected chi connectivity index (χ1v) is 7.07. The summed E-state index contributed by atoms with van der Waals surface area (Å²) >= 11 is 1.74. The summed E-state index contributed by atoms with van der Waals surface area (Å²) < 4.78 is 0. The molecular formula is C16H15NS. The number of benzene rings is 1. The number of pyridine rings is 1. The SMILES string of the molecule is CC(C)c1cc(-c2cccs2)nc2ccccc12. The first-order chi connectivity index (χ1) is 8.75. The van der Waals surface area contributed by atoms with Crippen LogP contribution in [0.2, 0.25) is 0 Å². The fraction of sp³-hybridized carbons (Fsp3) is 0.188. The Bertz CT molecular complexity index is 669. The van der Waals surface area contributed by atoms with Gasteiger partial charge in [-0.05, 0) is 35.1 Å². The van der Waals surface area contributed by atoms with E-state index in [4.69, 9.17) is 4.98 Å². The molecule has 0 amide bonds. The molecule has 18 heavy (non-hydrogen) atoms. The van der Waals surface area contributed by atoms with Crippen molar-refractivity contribution in [1.29, 1.82) is 0 Å². The van der Waals surface area contributed by atoms with Gasteiger partial charge >= 0.3 is 0 Å². The molecule has 0 unspecified atom stereocenters. The highest BCUT2D eigenvalue weighted by molar-refractivity contribution is 7.13. The molecule has 0 aliphatic rings. The lowest BCUT2D eigenvalue weighted by atomic mass is 9.97. The molecule has 2 heteroatoms. The van der Waals surface area contributed by atoms with E-state index >= 15 is 0 Å². The lowest BCUT2D eigenvalue weighted by Gasteiger charge is -2.11. The van der Waals surface area contributed by atoms with Crippen LogP contribution in [0.15, 0.2) is 47.8 Å². The highest BCUT2D eigenvalue weighted by Crippen LogP contribution is 2.31. The largest absolute Gasteiger partial charge is 0.247 e. The molecule has 0 atom stereocenters. The summed E-state index contributed by atoms with van der Waals surface area (Å²) in [5.41, 5.74) is 3.56. The van der Waals surface area contributed by atoms with Crippen LogP contribution in [-0.4, -0.2) is 4.98 Å². The highest BCUT2D eigenvalue weighted by Gasteiger charge is 2.10. The van der Waals surface area contributed by atoms with Gasteiger partial charge in [0.05, 0.1) is 16.1 Å². The monoisotopic (exact) mass is 253 g/mol. The number of hydrogen-bond acceptors (Lipinski definition) is 2. The fourth-order valence-electron chi connectivity index (χ4n) is 2.23. The molecule has 1 aromatic carbocycles. The normalized spacial score (nSPS) is 11.3. The van der Waals surface area contributed by atoms with Gasteiger partial charge in [-0.25, -0.2) is 4.98 Å². The zero-order chi connectivity index (χ0) is 12.5. The molecule has 0 spiro atoms. The van der Waals surface area contributed by atoms with Gasteiger partial charge < -0.3 is 0 Å². The molecule has 2 heterocycles. The predicted molar refractivity (Wildman–Crippen MR) is 79.1 cm³/mol. The van der Waals surface area contributed by atoms with E-state index in [1.165, 1.54) is 15.8 Å². The molecule has 0 fully saturated rings. The summed E-state index contributed by atoms with van der Waals surface area (Å²) in [5.74, 6) is 0.511. The second-order valence-electron chi connectivity index (χ2n) is 4.75. The van der Waals surface area contributed by atoms with Gasteiger partial charge in [0.15, 0.2) is 0 Å². The molecule has 0 saturated heterocycles. The average molecular weight is 253 g/mol. The van der Waals surface area contributed by atoms with E-state index in [1.807, 2.05) is 0 Å². The second kappa shape index (κ2) is 4.54. The van der Waals surface area contributed by atoms with Crippen LogP contribution in [-0.2, 0) is 0 Å². The number of nitrogens with zero attached hydrogens (tertiary/aromatic N) is 1. The summed E-state index contributed by atoms with van der Waals surface area (Å²) in [5, 5.41) is 3.37. The number of aromatic nitrogens is 1. The first kappa shape index (κ1) is 11.4. The van der Waals surface area contributed by atoms with E-state index in [0.29, 0.717) is 5.92 Å². The van der Waals surface area contributed by atoms with E-state index in [1.54, 1.807) is 11.3 Å². The molecule has 0 radical (unpaired) electrons. The van der Waals surface area contributed by atoms with Crippen molar-refractivity contribution in [3.63, 3.8) is 0 Å². The molecular weight excluding hydrogens is 238 g/mol. The van der Waals surface area contributed by atoms with Gasteiger partial charge in [0.2, 0.25) is 0 Å². The maximum Gasteiger partial charge on any atom is 0.0812 e. The number of fused-ring (bicyclic) bond motifs is 1. The molecule has 0 aliphatic carbocycles. The number of para-hydroxylation sites is 1. The minimum absolute atomic E-state index is 0.511. The van der Waals surface area contributed by atoms with Crippen molar-refractivity contribution in [2.45, 2.75) is 19.8 Å². The molecule has 2 aromatic heterocycles.